The first-order valence-corrected chi connectivity index (χ1v) is 8.01. The van der Waals surface area contributed by atoms with E-state index < -0.39 is 5.97 Å². The highest BCUT2D eigenvalue weighted by atomic mass is 32.1. The molecule has 4 nitrogen and oxygen atoms in total. The van der Waals surface area contributed by atoms with Crippen LogP contribution in [-0.2, 0) is 4.74 Å². The molecule has 23 heavy (non-hydrogen) atoms. The molecule has 3 rings (SSSR count). The van der Waals surface area contributed by atoms with Crippen molar-refractivity contribution in [3.63, 3.8) is 0 Å². The lowest BCUT2D eigenvalue weighted by atomic mass is 10.2. The van der Waals surface area contributed by atoms with Crippen LogP contribution in [0.4, 0.5) is 0 Å². The highest BCUT2D eigenvalue weighted by Crippen LogP contribution is 2.39. The third-order valence-electron chi connectivity index (χ3n) is 3.17. The number of nitrogens with zero attached hydrogens (tertiary/aromatic N) is 1. The van der Waals surface area contributed by atoms with Crippen molar-refractivity contribution in [2.75, 3.05) is 6.61 Å². The summed E-state index contributed by atoms with van der Waals surface area (Å²) in [6, 6.07) is 9.74. The molecule has 0 atom stereocenters. The molecule has 0 bridgehead atoms. The number of rotatable bonds is 4. The standard InChI is InChI=1S/C18H15NO3S/c1-4-9-21-15-13-10-12-7-5-6-8-14(12)19-17(13)23-16(15)18(20)22-11(2)3/h1,5-8,10-11H,9H2,2-3H3. The molecule has 116 valence electrons. The second-order valence-electron chi connectivity index (χ2n) is 5.24. The Morgan fingerprint density at radius 1 is 1.39 bits per heavy atom. The van der Waals surface area contributed by atoms with Crippen LogP contribution in [0.3, 0.4) is 0 Å². The minimum absolute atomic E-state index is 0.0839. The Bertz CT molecular complexity index is 921. The van der Waals surface area contributed by atoms with Gasteiger partial charge in [-0.2, -0.15) is 0 Å². The summed E-state index contributed by atoms with van der Waals surface area (Å²) in [5, 5.41) is 1.76. The monoisotopic (exact) mass is 325 g/mol. The van der Waals surface area contributed by atoms with Gasteiger partial charge in [0.05, 0.1) is 17.0 Å². The summed E-state index contributed by atoms with van der Waals surface area (Å²) >= 11 is 1.26. The lowest BCUT2D eigenvalue weighted by Gasteiger charge is -2.08. The van der Waals surface area contributed by atoms with E-state index >= 15 is 0 Å². The molecule has 0 aliphatic heterocycles. The van der Waals surface area contributed by atoms with Crippen LogP contribution in [0.25, 0.3) is 21.1 Å². The number of ether oxygens (including phenoxy) is 2. The van der Waals surface area contributed by atoms with Gasteiger partial charge in [0.25, 0.3) is 0 Å². The van der Waals surface area contributed by atoms with Crippen LogP contribution in [0.5, 0.6) is 5.75 Å². The Kier molecular flexibility index (Phi) is 4.18. The zero-order valence-corrected chi connectivity index (χ0v) is 13.6. The maximum atomic E-state index is 12.3. The first-order valence-electron chi connectivity index (χ1n) is 7.19. The average Bonchev–Trinajstić information content (AvgIpc) is 2.87. The van der Waals surface area contributed by atoms with Gasteiger partial charge in [0, 0.05) is 5.39 Å². The van der Waals surface area contributed by atoms with Crippen LogP contribution in [0.1, 0.15) is 23.5 Å². The third-order valence-corrected chi connectivity index (χ3v) is 4.23. The number of carbonyl (C=O) groups excluding carboxylic acids is 1. The minimum Gasteiger partial charge on any atom is -0.478 e. The van der Waals surface area contributed by atoms with Crippen molar-refractivity contribution in [3.8, 4) is 18.1 Å². The largest absolute Gasteiger partial charge is 0.478 e. The Hall–Kier alpha value is -2.58. The topological polar surface area (TPSA) is 48.4 Å². The molecule has 2 aromatic heterocycles. The van der Waals surface area contributed by atoms with E-state index in [9.17, 15) is 4.79 Å². The number of esters is 1. The van der Waals surface area contributed by atoms with Crippen LogP contribution in [0, 0.1) is 12.3 Å². The maximum absolute atomic E-state index is 12.3. The van der Waals surface area contributed by atoms with E-state index in [4.69, 9.17) is 15.9 Å². The first kappa shape index (κ1) is 15.3. The van der Waals surface area contributed by atoms with Gasteiger partial charge in [-0.25, -0.2) is 9.78 Å². The second-order valence-corrected chi connectivity index (χ2v) is 6.24. The molecular weight excluding hydrogens is 310 g/mol. The van der Waals surface area contributed by atoms with Crippen molar-refractivity contribution in [1.29, 1.82) is 0 Å². The summed E-state index contributed by atoms with van der Waals surface area (Å²) in [5.74, 6) is 2.46. The van der Waals surface area contributed by atoms with Crippen LogP contribution in [-0.4, -0.2) is 23.7 Å². The smallest absolute Gasteiger partial charge is 0.352 e. The second kappa shape index (κ2) is 6.27. The number of hydrogen-bond acceptors (Lipinski definition) is 5. The Balaban J connectivity index is 2.19. The molecule has 1 aromatic carbocycles. The molecule has 0 aliphatic rings. The van der Waals surface area contributed by atoms with Gasteiger partial charge in [-0.1, -0.05) is 24.1 Å². The molecule has 0 N–H and O–H groups in total. The summed E-state index contributed by atoms with van der Waals surface area (Å²) in [7, 11) is 0. The Labute approximate surface area is 138 Å². The van der Waals surface area contributed by atoms with Gasteiger partial charge in [0.15, 0.2) is 10.6 Å². The molecular formula is C18H15NO3S. The van der Waals surface area contributed by atoms with Gasteiger partial charge in [0.2, 0.25) is 0 Å². The molecule has 5 heteroatoms. The number of para-hydroxylation sites is 1. The molecule has 0 fully saturated rings. The van der Waals surface area contributed by atoms with Gasteiger partial charge in [-0.3, -0.25) is 0 Å². The molecule has 0 unspecified atom stereocenters. The van der Waals surface area contributed by atoms with Gasteiger partial charge in [0.1, 0.15) is 11.4 Å². The number of hydrogen-bond donors (Lipinski definition) is 0. The SMILES string of the molecule is C#CCOc1c(C(=O)OC(C)C)sc2nc3ccccc3cc12. The van der Waals surface area contributed by atoms with Crippen molar-refractivity contribution >= 4 is 38.4 Å². The Morgan fingerprint density at radius 3 is 2.91 bits per heavy atom. The zero-order chi connectivity index (χ0) is 16.4. The van der Waals surface area contributed by atoms with Crippen molar-refractivity contribution < 1.29 is 14.3 Å². The van der Waals surface area contributed by atoms with E-state index in [2.05, 4.69) is 10.9 Å². The lowest BCUT2D eigenvalue weighted by Crippen LogP contribution is -2.11. The number of fused-ring (bicyclic) bond motifs is 2. The summed E-state index contributed by atoms with van der Waals surface area (Å²) in [6.45, 7) is 3.69. The highest BCUT2D eigenvalue weighted by Gasteiger charge is 2.23. The molecule has 0 saturated heterocycles. The van der Waals surface area contributed by atoms with E-state index in [1.165, 1.54) is 11.3 Å². The maximum Gasteiger partial charge on any atom is 0.352 e. The first-order chi connectivity index (χ1) is 11.1. The van der Waals surface area contributed by atoms with Crippen molar-refractivity contribution in [2.24, 2.45) is 0 Å². The number of terminal acetylenes is 1. The molecule has 0 saturated carbocycles. The van der Waals surface area contributed by atoms with E-state index in [0.717, 1.165) is 21.1 Å². The average molecular weight is 325 g/mol. The predicted octanol–water partition coefficient (Wildman–Crippen LogP) is 4.03. The summed E-state index contributed by atoms with van der Waals surface area (Å²) in [6.07, 6.45) is 5.08. The fourth-order valence-electron chi connectivity index (χ4n) is 2.26. The van der Waals surface area contributed by atoms with Gasteiger partial charge in [-0.05, 0) is 26.0 Å². The zero-order valence-electron chi connectivity index (χ0n) is 12.8. The molecule has 2 heterocycles. The third kappa shape index (κ3) is 2.99. The minimum atomic E-state index is -0.418. The van der Waals surface area contributed by atoms with E-state index in [1.807, 2.05) is 30.3 Å². The van der Waals surface area contributed by atoms with Crippen molar-refractivity contribution in [1.82, 2.24) is 4.98 Å². The summed E-state index contributed by atoms with van der Waals surface area (Å²) in [5.41, 5.74) is 0.869. The van der Waals surface area contributed by atoms with Gasteiger partial charge in [-0.15, -0.1) is 17.8 Å². The highest BCUT2D eigenvalue weighted by molar-refractivity contribution is 7.20. The Morgan fingerprint density at radius 2 is 2.17 bits per heavy atom. The van der Waals surface area contributed by atoms with E-state index in [1.54, 1.807) is 13.8 Å². The van der Waals surface area contributed by atoms with E-state index in [-0.39, 0.29) is 12.7 Å². The fourth-order valence-corrected chi connectivity index (χ4v) is 3.26. The van der Waals surface area contributed by atoms with Gasteiger partial charge >= 0.3 is 5.97 Å². The summed E-state index contributed by atoms with van der Waals surface area (Å²) in [4.78, 5) is 18.1. The van der Waals surface area contributed by atoms with Crippen LogP contribution in [0.2, 0.25) is 0 Å². The number of pyridine rings is 1. The van der Waals surface area contributed by atoms with Crippen molar-refractivity contribution in [3.05, 3.63) is 35.2 Å². The predicted molar refractivity (Wildman–Crippen MR) is 92.0 cm³/mol. The van der Waals surface area contributed by atoms with Gasteiger partial charge < -0.3 is 9.47 Å². The number of carbonyl (C=O) groups is 1. The number of thiophene rings is 1. The van der Waals surface area contributed by atoms with Crippen LogP contribution in [0.15, 0.2) is 30.3 Å². The molecule has 0 aliphatic carbocycles. The van der Waals surface area contributed by atoms with E-state index in [0.29, 0.717) is 10.6 Å². The number of benzene rings is 1. The summed E-state index contributed by atoms with van der Waals surface area (Å²) < 4.78 is 10.9. The molecule has 0 amide bonds. The molecule has 0 spiro atoms. The normalized spacial score (nSPS) is 10.9. The quantitative estimate of drug-likeness (QED) is 0.537. The van der Waals surface area contributed by atoms with Crippen LogP contribution < -0.4 is 4.74 Å². The fraction of sp³-hybridized carbons (Fsp3) is 0.222. The van der Waals surface area contributed by atoms with Crippen LogP contribution >= 0.6 is 11.3 Å². The number of aromatic nitrogens is 1. The molecule has 3 aromatic rings. The molecule has 0 radical (unpaired) electrons. The van der Waals surface area contributed by atoms with Crippen molar-refractivity contribution in [2.45, 2.75) is 20.0 Å². The lowest BCUT2D eigenvalue weighted by molar-refractivity contribution is 0.0380.